The normalized spacial score (nSPS) is 10.8. The van der Waals surface area contributed by atoms with E-state index in [1.54, 1.807) is 28.3 Å². The molecule has 2 N–H and O–H groups in total. The monoisotopic (exact) mass is 441 g/mol. The molecular weight excluding hydrogens is 425 g/mol. The molecule has 0 fully saturated rings. The molecule has 0 bridgehead atoms. The van der Waals surface area contributed by atoms with E-state index in [1.165, 1.54) is 17.4 Å². The third-order valence-electron chi connectivity index (χ3n) is 4.15. The number of amides is 2. The van der Waals surface area contributed by atoms with Gasteiger partial charge in [-0.15, -0.1) is 23.1 Å². The predicted octanol–water partition coefficient (Wildman–Crippen LogP) is 3.24. The van der Waals surface area contributed by atoms with Crippen LogP contribution >= 0.6 is 23.1 Å². The molecule has 0 aliphatic carbocycles. The second-order valence-corrected chi connectivity index (χ2v) is 7.94. The topological polar surface area (TPSA) is 88.9 Å². The lowest BCUT2D eigenvalue weighted by Gasteiger charge is -2.10. The van der Waals surface area contributed by atoms with Crippen molar-refractivity contribution in [3.63, 3.8) is 0 Å². The highest BCUT2D eigenvalue weighted by molar-refractivity contribution is 8.00. The minimum Gasteiger partial charge on any atom is -0.313 e. The Kier molecular flexibility index (Phi) is 6.05. The molecule has 4 aromatic rings. The minimum absolute atomic E-state index is 0.0285. The molecule has 0 aliphatic rings. The lowest BCUT2D eigenvalue weighted by Crippen LogP contribution is -2.44. The Bertz CT molecular complexity index is 1190. The second-order valence-electron chi connectivity index (χ2n) is 6.20. The first-order chi connectivity index (χ1) is 14.6. The number of halogens is 1. The van der Waals surface area contributed by atoms with E-state index in [2.05, 4.69) is 20.8 Å². The Morgan fingerprint density at radius 1 is 1.07 bits per heavy atom. The number of hydrogen-bond acceptors (Lipinski definition) is 6. The second kappa shape index (κ2) is 9.06. The molecule has 0 saturated heterocycles. The lowest BCUT2D eigenvalue weighted by molar-refractivity contribution is -0.127. The summed E-state index contributed by atoms with van der Waals surface area (Å²) >= 11 is 2.49. The van der Waals surface area contributed by atoms with Crippen LogP contribution in [0.5, 0.6) is 0 Å². The summed E-state index contributed by atoms with van der Waals surface area (Å²) in [4.78, 5) is 33.7. The molecule has 30 heavy (non-hydrogen) atoms. The van der Waals surface area contributed by atoms with Gasteiger partial charge >= 0.3 is 0 Å². The Labute approximate surface area is 179 Å². The van der Waals surface area contributed by atoms with Crippen molar-refractivity contribution < 1.29 is 14.0 Å². The van der Waals surface area contributed by atoms with Crippen LogP contribution in [0.4, 0.5) is 4.39 Å². The van der Waals surface area contributed by atoms with Gasteiger partial charge in [-0.25, -0.2) is 14.4 Å². The zero-order valence-electron chi connectivity index (χ0n) is 15.5. The highest BCUT2D eigenvalue weighted by atomic mass is 32.2. The van der Waals surface area contributed by atoms with Crippen LogP contribution in [-0.2, 0) is 16.1 Å². The van der Waals surface area contributed by atoms with E-state index in [9.17, 15) is 14.0 Å². The number of para-hydroxylation sites is 2. The van der Waals surface area contributed by atoms with E-state index in [0.29, 0.717) is 16.4 Å². The van der Waals surface area contributed by atoms with Gasteiger partial charge in [-0.05, 0) is 24.3 Å². The number of aromatic nitrogens is 3. The van der Waals surface area contributed by atoms with Gasteiger partial charge < -0.3 is 4.57 Å². The maximum Gasteiger partial charge on any atom is 0.258 e. The third kappa shape index (κ3) is 4.50. The van der Waals surface area contributed by atoms with Gasteiger partial charge in [-0.2, -0.15) is 0 Å². The van der Waals surface area contributed by atoms with E-state index >= 15 is 0 Å². The highest BCUT2D eigenvalue weighted by Crippen LogP contribution is 2.24. The third-order valence-corrected chi connectivity index (χ3v) is 5.79. The lowest BCUT2D eigenvalue weighted by atomic mass is 10.3. The van der Waals surface area contributed by atoms with Gasteiger partial charge in [-0.1, -0.05) is 24.3 Å². The fourth-order valence-electron chi connectivity index (χ4n) is 2.82. The van der Waals surface area contributed by atoms with Gasteiger partial charge in [0.1, 0.15) is 18.1 Å². The first kappa shape index (κ1) is 20.0. The fraction of sp³-hybridized carbons (Fsp3) is 0.100. The largest absolute Gasteiger partial charge is 0.313 e. The summed E-state index contributed by atoms with van der Waals surface area (Å²) < 4.78 is 15.4. The number of nitrogens with one attached hydrogen (secondary N) is 2. The molecule has 0 unspecified atom stereocenters. The summed E-state index contributed by atoms with van der Waals surface area (Å²) in [6.45, 7) is -0.0475. The van der Waals surface area contributed by atoms with Crippen LogP contribution < -0.4 is 10.9 Å². The fourth-order valence-corrected chi connectivity index (χ4v) is 4.09. The smallest absolute Gasteiger partial charge is 0.258 e. The van der Waals surface area contributed by atoms with Crippen molar-refractivity contribution in [1.29, 1.82) is 0 Å². The van der Waals surface area contributed by atoms with E-state index in [0.717, 1.165) is 22.8 Å². The quantitative estimate of drug-likeness (QED) is 0.354. The molecule has 2 aromatic heterocycles. The number of rotatable bonds is 6. The number of nitrogens with zero attached hydrogens (tertiary/aromatic N) is 3. The van der Waals surface area contributed by atoms with Gasteiger partial charge in [0.05, 0.1) is 22.3 Å². The number of imidazole rings is 1. The molecule has 4 rings (SSSR count). The average Bonchev–Trinajstić information content (AvgIpc) is 3.40. The number of thiazole rings is 1. The van der Waals surface area contributed by atoms with E-state index in [1.807, 2.05) is 29.6 Å². The molecule has 0 saturated carbocycles. The Morgan fingerprint density at radius 2 is 1.83 bits per heavy atom. The standard InChI is InChI=1S/C20H16FN5O2S2/c21-13-5-1-4-8-17(13)30-11-19(28)25-24-18(27)9-26-16-7-3-2-6-14(16)23-20(26)15-10-29-12-22-15/h1-8,10,12H,9,11H2,(H,24,27)(H,25,28). The van der Waals surface area contributed by atoms with Gasteiger partial charge in [0.25, 0.3) is 5.91 Å². The van der Waals surface area contributed by atoms with Crippen LogP contribution in [-0.4, -0.2) is 32.1 Å². The summed E-state index contributed by atoms with van der Waals surface area (Å²) in [6, 6.07) is 13.7. The summed E-state index contributed by atoms with van der Waals surface area (Å²) in [5, 5.41) is 1.86. The van der Waals surface area contributed by atoms with Crippen molar-refractivity contribution in [3.8, 4) is 11.5 Å². The van der Waals surface area contributed by atoms with Gasteiger partial charge in [0.15, 0.2) is 5.82 Å². The molecule has 7 nitrogen and oxygen atoms in total. The summed E-state index contributed by atoms with van der Waals surface area (Å²) in [5.41, 5.74) is 8.67. The van der Waals surface area contributed by atoms with Crippen LogP contribution in [0.1, 0.15) is 0 Å². The number of hydrazine groups is 1. The van der Waals surface area contributed by atoms with E-state index < -0.39 is 11.8 Å². The molecular formula is C20H16FN5O2S2. The van der Waals surface area contributed by atoms with E-state index in [-0.39, 0.29) is 18.1 Å². The molecule has 0 aliphatic heterocycles. The first-order valence-corrected chi connectivity index (χ1v) is 10.8. The molecule has 2 heterocycles. The zero-order chi connectivity index (χ0) is 20.9. The van der Waals surface area contributed by atoms with Crippen molar-refractivity contribution in [2.24, 2.45) is 0 Å². The number of benzene rings is 2. The van der Waals surface area contributed by atoms with Crippen molar-refractivity contribution in [3.05, 3.63) is 65.2 Å². The average molecular weight is 442 g/mol. The number of carbonyl (C=O) groups excluding carboxylic acids is 2. The van der Waals surface area contributed by atoms with Crippen LogP contribution in [0.3, 0.4) is 0 Å². The molecule has 2 amide bonds. The van der Waals surface area contributed by atoms with E-state index in [4.69, 9.17) is 0 Å². The molecule has 0 spiro atoms. The van der Waals surface area contributed by atoms with Crippen molar-refractivity contribution in [2.75, 3.05) is 5.75 Å². The minimum atomic E-state index is -0.438. The Balaban J connectivity index is 1.39. The maximum atomic E-state index is 13.6. The molecule has 152 valence electrons. The highest BCUT2D eigenvalue weighted by Gasteiger charge is 2.16. The zero-order valence-corrected chi connectivity index (χ0v) is 17.2. The van der Waals surface area contributed by atoms with Gasteiger partial charge in [0.2, 0.25) is 5.91 Å². The van der Waals surface area contributed by atoms with Crippen LogP contribution in [0.15, 0.2) is 64.3 Å². The van der Waals surface area contributed by atoms with Crippen molar-refractivity contribution in [2.45, 2.75) is 11.4 Å². The van der Waals surface area contributed by atoms with Gasteiger partial charge in [-0.3, -0.25) is 20.4 Å². The number of hydrogen-bond donors (Lipinski definition) is 2. The van der Waals surface area contributed by atoms with Crippen LogP contribution in [0, 0.1) is 5.82 Å². The molecule has 2 aromatic carbocycles. The predicted molar refractivity (Wildman–Crippen MR) is 114 cm³/mol. The Hall–Kier alpha value is -3.24. The van der Waals surface area contributed by atoms with Crippen LogP contribution in [0.2, 0.25) is 0 Å². The van der Waals surface area contributed by atoms with Crippen molar-refractivity contribution in [1.82, 2.24) is 25.4 Å². The molecule has 0 atom stereocenters. The Morgan fingerprint density at radius 3 is 2.63 bits per heavy atom. The maximum absolute atomic E-state index is 13.6. The van der Waals surface area contributed by atoms with Gasteiger partial charge in [0, 0.05) is 10.3 Å². The summed E-state index contributed by atoms with van der Waals surface area (Å²) in [7, 11) is 0. The first-order valence-electron chi connectivity index (χ1n) is 8.90. The van der Waals surface area contributed by atoms with Crippen molar-refractivity contribution >= 4 is 45.9 Å². The SMILES string of the molecule is O=C(CSc1ccccc1F)NNC(=O)Cn1c(-c2cscn2)nc2ccccc21. The summed E-state index contributed by atoms with van der Waals surface area (Å²) in [6.07, 6.45) is 0. The number of thioether (sulfide) groups is 1. The molecule has 10 heteroatoms. The summed E-state index contributed by atoms with van der Waals surface area (Å²) in [5.74, 6) is -0.695. The number of fused-ring (bicyclic) bond motifs is 1. The van der Waals surface area contributed by atoms with Crippen LogP contribution in [0.25, 0.3) is 22.6 Å². The number of carbonyl (C=O) groups is 2. The molecule has 0 radical (unpaired) electrons.